The maximum absolute atomic E-state index is 15.5. The Morgan fingerprint density at radius 2 is 0.886 bits per heavy atom. The van der Waals surface area contributed by atoms with Gasteiger partial charge in [0.1, 0.15) is 0 Å². The Bertz CT molecular complexity index is 1760. The molecule has 0 N–H and O–H groups in total. The molecule has 1 aliphatic rings. The van der Waals surface area contributed by atoms with Gasteiger partial charge in [-0.15, -0.1) is 0 Å². The number of hydrogen-bond donors (Lipinski definition) is 0. The van der Waals surface area contributed by atoms with Crippen LogP contribution in [0.1, 0.15) is 34.3 Å². The minimum absolute atomic E-state index is 0.0284. The van der Waals surface area contributed by atoms with Crippen LogP contribution in [0.15, 0.2) is 182 Å². The van der Waals surface area contributed by atoms with Crippen LogP contribution in [0.3, 0.4) is 0 Å². The van der Waals surface area contributed by atoms with E-state index in [4.69, 9.17) is 4.52 Å². The van der Waals surface area contributed by atoms with Crippen molar-refractivity contribution in [2.75, 3.05) is 0 Å². The molecule has 3 atom stereocenters. The summed E-state index contributed by atoms with van der Waals surface area (Å²) in [4.78, 5) is 15.5. The van der Waals surface area contributed by atoms with Crippen molar-refractivity contribution in [2.24, 2.45) is 0 Å². The molecular weight excluding hydrogens is 555 g/mol. The van der Waals surface area contributed by atoms with Gasteiger partial charge >= 0.3 is 261 Å². The Morgan fingerprint density at radius 3 is 1.32 bits per heavy atom. The van der Waals surface area contributed by atoms with Crippen molar-refractivity contribution in [3.63, 3.8) is 0 Å². The molecule has 6 aromatic carbocycles. The topological polar surface area (TPSA) is 26.3 Å². The molecule has 0 unspecified atom stereocenters. The van der Waals surface area contributed by atoms with Crippen molar-refractivity contribution in [2.45, 2.75) is 24.1 Å². The molecule has 3 heteroatoms. The summed E-state index contributed by atoms with van der Waals surface area (Å²) in [6.07, 6.45) is 0. The summed E-state index contributed by atoms with van der Waals surface area (Å²) in [5.41, 5.74) is 1.13. The fourth-order valence-corrected chi connectivity index (χ4v) is 14.7. The molecule has 0 spiro atoms. The van der Waals surface area contributed by atoms with Crippen LogP contribution >= 0.6 is 6.83 Å². The van der Waals surface area contributed by atoms with Crippen LogP contribution in [0.5, 0.6) is 0 Å². The Labute approximate surface area is 260 Å². The molecule has 1 aliphatic heterocycles. The zero-order chi connectivity index (χ0) is 30.1. The molecule has 0 bridgehead atoms. The molecule has 216 valence electrons. The van der Waals surface area contributed by atoms with E-state index in [2.05, 4.69) is 134 Å². The monoisotopic (exact) mass is 590 g/mol. The first-order valence-electron chi connectivity index (χ1n) is 15.2. The molecule has 0 amide bonds. The van der Waals surface area contributed by atoms with Crippen molar-refractivity contribution in [3.8, 4) is 0 Å². The number of rotatable bonds is 7. The number of benzene rings is 6. The zero-order valence-electron chi connectivity index (χ0n) is 24.7. The second-order valence-corrected chi connectivity index (χ2v) is 16.4. The van der Waals surface area contributed by atoms with Gasteiger partial charge in [-0.25, -0.2) is 0 Å². The first-order chi connectivity index (χ1) is 21.6. The molecule has 1 saturated heterocycles. The molecule has 2 nitrogen and oxygen atoms in total. The number of carbonyl (C=O) groups is 1. The molecule has 1 heterocycles. The normalized spacial score (nSPS) is 22.8. The summed E-state index contributed by atoms with van der Waals surface area (Å²) >= 11 is 0. The van der Waals surface area contributed by atoms with Gasteiger partial charge in [0.15, 0.2) is 0 Å². The van der Waals surface area contributed by atoms with Gasteiger partial charge in [0.05, 0.1) is 0 Å². The van der Waals surface area contributed by atoms with Crippen LogP contribution in [-0.4, -0.2) is 11.4 Å². The van der Waals surface area contributed by atoms with Gasteiger partial charge in [-0.2, -0.15) is 0 Å². The first kappa shape index (κ1) is 28.2. The fourth-order valence-electron chi connectivity index (χ4n) is 7.76. The number of carbonyl (C=O) groups excluding carboxylic acids is 1. The summed E-state index contributed by atoms with van der Waals surface area (Å²) in [5, 5.41) is 3.34. The number of hydrogen-bond acceptors (Lipinski definition) is 2. The Morgan fingerprint density at radius 1 is 0.523 bits per heavy atom. The third-order valence-corrected chi connectivity index (χ3v) is 16.1. The molecule has 0 aromatic heterocycles. The van der Waals surface area contributed by atoms with E-state index in [1.165, 1.54) is 0 Å². The number of Topliss-reactive ketones (excluding diaryl/α,β-unsaturated/α-hetero) is 1. The first-order valence-corrected chi connectivity index (χ1v) is 17.4. The van der Waals surface area contributed by atoms with E-state index in [-0.39, 0.29) is 17.4 Å². The molecule has 0 radical (unpaired) electrons. The summed E-state index contributed by atoms with van der Waals surface area (Å²) in [5.74, 6) is -0.337. The average Bonchev–Trinajstić information content (AvgIpc) is 3.38. The molecular formula is C41H35O2P. The predicted octanol–water partition coefficient (Wildman–Crippen LogP) is 8.41. The van der Waals surface area contributed by atoms with Crippen LogP contribution in [0, 0.1) is 0 Å². The summed E-state index contributed by atoms with van der Waals surface area (Å²) < 4.78 is 8.25. The van der Waals surface area contributed by atoms with Crippen molar-refractivity contribution in [1.29, 1.82) is 0 Å². The minimum atomic E-state index is -3.94. The summed E-state index contributed by atoms with van der Waals surface area (Å²) in [6.45, 7) is -1.61. The van der Waals surface area contributed by atoms with Crippen LogP contribution < -0.4 is 15.9 Å². The van der Waals surface area contributed by atoms with E-state index in [9.17, 15) is 0 Å². The van der Waals surface area contributed by atoms with Crippen LogP contribution in [0.4, 0.5) is 0 Å². The van der Waals surface area contributed by atoms with E-state index >= 15 is 4.79 Å². The van der Waals surface area contributed by atoms with Crippen molar-refractivity contribution >= 4 is 28.5 Å². The molecule has 6 aromatic rings. The van der Waals surface area contributed by atoms with Crippen molar-refractivity contribution in [1.82, 2.24) is 0 Å². The molecule has 1 fully saturated rings. The Hall–Kier alpha value is -4.62. The quantitative estimate of drug-likeness (QED) is 0.138. The second-order valence-electron chi connectivity index (χ2n) is 11.6. The maximum atomic E-state index is 15.5. The van der Waals surface area contributed by atoms with E-state index in [0.29, 0.717) is 5.56 Å². The third kappa shape index (κ3) is 3.92. The fraction of sp³-hybridized carbons (Fsp3) is 0.0976. The van der Waals surface area contributed by atoms with E-state index in [1.807, 2.05) is 54.6 Å². The van der Waals surface area contributed by atoms with Gasteiger partial charge in [0.2, 0.25) is 0 Å². The van der Waals surface area contributed by atoms with Gasteiger partial charge < -0.3 is 0 Å². The standard InChI is InChI=1S/C41H35O2P/c1-32-39(33-20-8-2-9-21-33)41(35-24-12-4-13-25-35,40(42)34-22-10-3-11-23-34)43-44(32,36-26-14-5-15-27-36,37-28-16-6-17-29-37)38-30-18-7-19-31-38/h2-32,39H,1H3/t32-,39-,41-/m1/s1. The SMILES string of the molecule is C[C@@H]1[C@H](c2ccccc2)[C@@](C(=O)c2ccccc2)(c2ccccc2)OP1(c1ccccc1)(c1ccccc1)c1ccccc1. The van der Waals surface area contributed by atoms with Crippen molar-refractivity contribution in [3.05, 3.63) is 199 Å². The number of ketones is 1. The van der Waals surface area contributed by atoms with Crippen molar-refractivity contribution < 1.29 is 9.32 Å². The van der Waals surface area contributed by atoms with Gasteiger partial charge in [0, 0.05) is 0 Å². The van der Waals surface area contributed by atoms with E-state index in [0.717, 1.165) is 27.0 Å². The Balaban J connectivity index is 1.71. The van der Waals surface area contributed by atoms with Crippen LogP contribution in [-0.2, 0) is 10.1 Å². The van der Waals surface area contributed by atoms with Crippen LogP contribution in [0.2, 0.25) is 0 Å². The van der Waals surface area contributed by atoms with E-state index in [1.54, 1.807) is 0 Å². The second kappa shape index (κ2) is 11.1. The summed E-state index contributed by atoms with van der Waals surface area (Å²) in [6, 6.07) is 62.4. The molecule has 0 aliphatic carbocycles. The summed E-state index contributed by atoms with van der Waals surface area (Å²) in [7, 11) is 0. The zero-order valence-corrected chi connectivity index (χ0v) is 25.6. The van der Waals surface area contributed by atoms with Gasteiger partial charge in [-0.05, 0) is 0 Å². The molecule has 7 rings (SSSR count). The van der Waals surface area contributed by atoms with Gasteiger partial charge in [-0.1, -0.05) is 0 Å². The van der Waals surface area contributed by atoms with Gasteiger partial charge in [0.25, 0.3) is 0 Å². The predicted molar refractivity (Wildman–Crippen MR) is 184 cm³/mol. The van der Waals surface area contributed by atoms with E-state index < -0.39 is 12.4 Å². The van der Waals surface area contributed by atoms with Crippen LogP contribution in [0.25, 0.3) is 0 Å². The third-order valence-electron chi connectivity index (χ3n) is 9.57. The average molecular weight is 591 g/mol. The van der Waals surface area contributed by atoms with Gasteiger partial charge in [-0.3, -0.25) is 0 Å². The molecule has 0 saturated carbocycles. The Kier molecular flexibility index (Phi) is 7.13. The molecule has 44 heavy (non-hydrogen) atoms.